The van der Waals surface area contributed by atoms with Crippen LogP contribution in [0.1, 0.15) is 0 Å². The van der Waals surface area contributed by atoms with Crippen molar-refractivity contribution < 1.29 is 0 Å². The van der Waals surface area contributed by atoms with Gasteiger partial charge in [0.2, 0.25) is 0 Å². The number of hydrogen-bond acceptors (Lipinski definition) is 3. The van der Waals surface area contributed by atoms with Crippen LogP contribution in [0.5, 0.6) is 0 Å². The van der Waals surface area contributed by atoms with Crippen molar-refractivity contribution in [3.05, 3.63) is 176 Å². The summed E-state index contributed by atoms with van der Waals surface area (Å²) >= 11 is 0. The van der Waals surface area contributed by atoms with Gasteiger partial charge in [-0.1, -0.05) is 170 Å². The Morgan fingerprint density at radius 3 is 1.10 bits per heavy atom. The van der Waals surface area contributed by atoms with Crippen LogP contribution in [-0.2, 0) is 0 Å². The number of aromatic nitrogens is 3. The van der Waals surface area contributed by atoms with Crippen LogP contribution in [0.3, 0.4) is 0 Å². The summed E-state index contributed by atoms with van der Waals surface area (Å²) in [6.45, 7) is 0. The number of rotatable bonds is 5. The smallest absolute Gasteiger partial charge is 0.164 e. The van der Waals surface area contributed by atoms with Crippen molar-refractivity contribution in [2.24, 2.45) is 0 Å². The van der Waals surface area contributed by atoms with E-state index in [9.17, 15) is 0 Å². The van der Waals surface area contributed by atoms with Gasteiger partial charge in [0, 0.05) is 16.7 Å². The molecule has 0 aliphatic carbocycles. The van der Waals surface area contributed by atoms with E-state index in [1.165, 1.54) is 43.8 Å². The summed E-state index contributed by atoms with van der Waals surface area (Å²) in [4.78, 5) is 15.0. The number of benzene rings is 8. The van der Waals surface area contributed by atoms with Gasteiger partial charge in [-0.25, -0.2) is 15.0 Å². The first-order valence-corrected chi connectivity index (χ1v) is 16.2. The van der Waals surface area contributed by atoms with Gasteiger partial charge in [-0.15, -0.1) is 0 Å². The minimum Gasteiger partial charge on any atom is -0.208 e. The van der Waals surface area contributed by atoms with Crippen LogP contribution in [0.25, 0.3) is 88.7 Å². The lowest BCUT2D eigenvalue weighted by atomic mass is 9.88. The van der Waals surface area contributed by atoms with Crippen LogP contribution in [0, 0.1) is 0 Å². The van der Waals surface area contributed by atoms with Crippen LogP contribution in [0.2, 0.25) is 0 Å². The predicted molar refractivity (Wildman–Crippen MR) is 200 cm³/mol. The maximum absolute atomic E-state index is 5.05. The maximum atomic E-state index is 5.05. The van der Waals surface area contributed by atoms with Crippen LogP contribution < -0.4 is 0 Å². The molecule has 9 aromatic rings. The van der Waals surface area contributed by atoms with Gasteiger partial charge in [0.1, 0.15) is 0 Å². The van der Waals surface area contributed by atoms with E-state index < -0.39 is 0 Å². The molecule has 48 heavy (non-hydrogen) atoms. The molecule has 0 saturated heterocycles. The van der Waals surface area contributed by atoms with E-state index in [0.717, 1.165) is 27.5 Å². The average molecular weight is 612 g/mol. The molecule has 0 atom stereocenters. The molecule has 0 saturated carbocycles. The lowest BCUT2D eigenvalue weighted by Gasteiger charge is -2.16. The van der Waals surface area contributed by atoms with Crippen LogP contribution >= 0.6 is 0 Å². The summed E-state index contributed by atoms with van der Waals surface area (Å²) in [5, 5.41) is 7.21. The molecule has 0 unspecified atom stereocenters. The normalized spacial score (nSPS) is 11.3. The van der Waals surface area contributed by atoms with E-state index in [2.05, 4.69) is 115 Å². The zero-order valence-corrected chi connectivity index (χ0v) is 26.1. The average Bonchev–Trinajstić information content (AvgIpc) is 3.17. The van der Waals surface area contributed by atoms with Crippen molar-refractivity contribution >= 4 is 32.3 Å². The van der Waals surface area contributed by atoms with Gasteiger partial charge in [-0.05, 0) is 60.6 Å². The van der Waals surface area contributed by atoms with Gasteiger partial charge in [-0.3, -0.25) is 0 Å². The molecule has 0 N–H and O–H groups in total. The molecule has 3 nitrogen and oxygen atoms in total. The van der Waals surface area contributed by atoms with E-state index in [4.69, 9.17) is 15.0 Å². The fraction of sp³-hybridized carbons (Fsp3) is 0. The molecule has 9 rings (SSSR count). The topological polar surface area (TPSA) is 38.7 Å². The molecule has 1 aromatic heterocycles. The molecule has 0 amide bonds. The van der Waals surface area contributed by atoms with E-state index in [-0.39, 0.29) is 0 Å². The van der Waals surface area contributed by atoms with Gasteiger partial charge < -0.3 is 0 Å². The summed E-state index contributed by atoms with van der Waals surface area (Å²) < 4.78 is 0. The van der Waals surface area contributed by atoms with Crippen LogP contribution in [0.15, 0.2) is 176 Å². The fourth-order valence-electron chi connectivity index (χ4n) is 6.89. The lowest BCUT2D eigenvalue weighted by molar-refractivity contribution is 1.08. The molecule has 8 aromatic carbocycles. The Hall–Kier alpha value is -6.45. The number of nitrogens with zero attached hydrogens (tertiary/aromatic N) is 3. The first-order chi connectivity index (χ1) is 23.8. The van der Waals surface area contributed by atoms with Crippen LogP contribution in [0.4, 0.5) is 0 Å². The number of fused-ring (bicyclic) bond motifs is 3. The highest BCUT2D eigenvalue weighted by Gasteiger charge is 2.18. The lowest BCUT2D eigenvalue weighted by Crippen LogP contribution is -2.00. The zero-order valence-electron chi connectivity index (χ0n) is 26.1. The first kappa shape index (κ1) is 27.8. The fourth-order valence-corrected chi connectivity index (χ4v) is 6.89. The molecule has 0 aliphatic heterocycles. The second-order valence-electron chi connectivity index (χ2n) is 12.0. The SMILES string of the molecule is c1ccc(-c2nc(-c3ccccc3)nc(-c3ccc(-c4ccc(-c5cccc6ccccc56)c5ccccc45)c4ccccc34)n2)cc1. The molecule has 1 heterocycles. The van der Waals surface area contributed by atoms with Crippen molar-refractivity contribution in [3.8, 4) is 56.4 Å². The standard InChI is InChI=1S/C45H29N3/c1-3-15-31(16-4-1)43-46-44(32-17-5-2-6-18-32)48-45(47-43)42-29-28-41(37-23-11-12-24-38(37)42)40-27-26-39(35-21-9-10-22-36(35)40)34-25-13-19-30-14-7-8-20-33(30)34/h1-29H. The second kappa shape index (κ2) is 11.7. The van der Waals surface area contributed by atoms with Gasteiger partial charge >= 0.3 is 0 Å². The number of hydrogen-bond donors (Lipinski definition) is 0. The maximum Gasteiger partial charge on any atom is 0.164 e. The third-order valence-electron chi connectivity index (χ3n) is 9.16. The predicted octanol–water partition coefficient (Wildman–Crippen LogP) is 11.7. The Morgan fingerprint density at radius 2 is 0.583 bits per heavy atom. The third-order valence-corrected chi connectivity index (χ3v) is 9.16. The molecule has 0 fully saturated rings. The first-order valence-electron chi connectivity index (χ1n) is 16.2. The second-order valence-corrected chi connectivity index (χ2v) is 12.0. The van der Waals surface area contributed by atoms with Gasteiger partial charge in [-0.2, -0.15) is 0 Å². The Labute approximate surface area is 278 Å². The van der Waals surface area contributed by atoms with E-state index >= 15 is 0 Å². The van der Waals surface area contributed by atoms with E-state index in [0.29, 0.717) is 17.5 Å². The summed E-state index contributed by atoms with van der Waals surface area (Å²) in [7, 11) is 0. The van der Waals surface area contributed by atoms with Gasteiger partial charge in [0.05, 0.1) is 0 Å². The minimum absolute atomic E-state index is 0.654. The summed E-state index contributed by atoms with van der Waals surface area (Å²) in [5.41, 5.74) is 7.74. The largest absolute Gasteiger partial charge is 0.208 e. The van der Waals surface area contributed by atoms with Crippen molar-refractivity contribution in [2.45, 2.75) is 0 Å². The van der Waals surface area contributed by atoms with Crippen molar-refractivity contribution in [2.75, 3.05) is 0 Å². The highest BCUT2D eigenvalue weighted by molar-refractivity contribution is 6.13. The molecule has 0 spiro atoms. The van der Waals surface area contributed by atoms with Gasteiger partial charge in [0.25, 0.3) is 0 Å². The summed E-state index contributed by atoms with van der Waals surface area (Å²) in [6, 6.07) is 61.7. The van der Waals surface area contributed by atoms with E-state index in [1.54, 1.807) is 0 Å². The Balaban J connectivity index is 1.24. The zero-order chi connectivity index (χ0) is 31.9. The quantitative estimate of drug-likeness (QED) is 0.194. The third kappa shape index (κ3) is 4.81. The molecule has 3 heteroatoms. The van der Waals surface area contributed by atoms with Crippen molar-refractivity contribution in [1.82, 2.24) is 15.0 Å². The summed E-state index contributed by atoms with van der Waals surface area (Å²) in [5.74, 6) is 1.96. The monoisotopic (exact) mass is 611 g/mol. The highest BCUT2D eigenvalue weighted by atomic mass is 15.0. The molecule has 224 valence electrons. The Morgan fingerprint density at radius 1 is 0.229 bits per heavy atom. The van der Waals surface area contributed by atoms with Crippen molar-refractivity contribution in [1.29, 1.82) is 0 Å². The molecule has 0 radical (unpaired) electrons. The molecule has 0 bridgehead atoms. The van der Waals surface area contributed by atoms with E-state index in [1.807, 2.05) is 60.7 Å². The minimum atomic E-state index is 0.654. The highest BCUT2D eigenvalue weighted by Crippen LogP contribution is 2.42. The molecular formula is C45H29N3. The van der Waals surface area contributed by atoms with Crippen LogP contribution in [-0.4, -0.2) is 15.0 Å². The Kier molecular flexibility index (Phi) is 6.80. The Bertz CT molecular complexity index is 2550. The van der Waals surface area contributed by atoms with Crippen molar-refractivity contribution in [3.63, 3.8) is 0 Å². The molecule has 0 aliphatic rings. The molecular weight excluding hydrogens is 583 g/mol. The van der Waals surface area contributed by atoms with Gasteiger partial charge in [0.15, 0.2) is 17.5 Å². The summed E-state index contributed by atoms with van der Waals surface area (Å²) in [6.07, 6.45) is 0.